The number of halogens is 3. The van der Waals surface area contributed by atoms with E-state index >= 15 is 0 Å². The maximum absolute atomic E-state index is 13.5. The lowest BCUT2D eigenvalue weighted by molar-refractivity contribution is -0.115. The molecule has 0 aliphatic rings. The van der Waals surface area contributed by atoms with Crippen molar-refractivity contribution in [2.24, 2.45) is 0 Å². The van der Waals surface area contributed by atoms with E-state index in [0.29, 0.717) is 5.69 Å². The van der Waals surface area contributed by atoms with Crippen LogP contribution in [0.2, 0.25) is 0 Å². The Kier molecular flexibility index (Phi) is 4.90. The minimum Gasteiger partial charge on any atom is -0.325 e. The summed E-state index contributed by atoms with van der Waals surface area (Å²) in [5.74, 6) is -2.24. The molecule has 0 radical (unpaired) electrons. The van der Waals surface area contributed by atoms with Crippen molar-refractivity contribution in [1.29, 1.82) is 0 Å². The van der Waals surface area contributed by atoms with Crippen molar-refractivity contribution < 1.29 is 18.0 Å². The van der Waals surface area contributed by atoms with Crippen LogP contribution in [0, 0.1) is 17.5 Å². The number of carbonyl (C=O) groups excluding carboxylic acids is 1. The predicted molar refractivity (Wildman–Crippen MR) is 76.7 cm³/mol. The van der Waals surface area contributed by atoms with E-state index in [2.05, 4.69) is 5.32 Å². The average Bonchev–Trinajstić information content (AvgIpc) is 2.41. The highest BCUT2D eigenvalue weighted by Gasteiger charge is 2.17. The Morgan fingerprint density at radius 1 is 1.10 bits per heavy atom. The average molecular weight is 311 g/mol. The van der Waals surface area contributed by atoms with Gasteiger partial charge in [-0.1, -0.05) is 6.07 Å². The Hall–Kier alpha value is -1.95. The second-order valence-corrected chi connectivity index (χ2v) is 5.72. The molecule has 0 aromatic heterocycles. The van der Waals surface area contributed by atoms with Crippen molar-refractivity contribution >= 4 is 23.4 Å². The molecule has 0 heterocycles. The van der Waals surface area contributed by atoms with Crippen molar-refractivity contribution in [3.63, 3.8) is 0 Å². The van der Waals surface area contributed by atoms with Crippen LogP contribution in [-0.2, 0) is 4.79 Å². The van der Waals surface area contributed by atoms with Gasteiger partial charge in [0.15, 0.2) is 0 Å². The van der Waals surface area contributed by atoms with Crippen molar-refractivity contribution in [1.82, 2.24) is 0 Å². The van der Waals surface area contributed by atoms with Crippen molar-refractivity contribution in [2.75, 3.05) is 5.32 Å². The second kappa shape index (κ2) is 6.67. The fourth-order valence-electron chi connectivity index (χ4n) is 1.62. The van der Waals surface area contributed by atoms with Crippen LogP contribution in [0.5, 0.6) is 0 Å². The molecule has 110 valence electrons. The Morgan fingerprint density at radius 2 is 1.81 bits per heavy atom. The SMILES string of the molecule is C[C@@H](Sc1ccc(F)cc1F)C(=O)Nc1cccc(F)c1. The van der Waals surface area contributed by atoms with Crippen molar-refractivity contribution in [2.45, 2.75) is 17.1 Å². The molecule has 1 amide bonds. The van der Waals surface area contributed by atoms with E-state index in [0.717, 1.165) is 23.9 Å². The summed E-state index contributed by atoms with van der Waals surface area (Å²) in [6, 6.07) is 8.65. The minimum absolute atomic E-state index is 0.179. The molecular weight excluding hydrogens is 299 g/mol. The van der Waals surface area contributed by atoms with Crippen LogP contribution in [0.3, 0.4) is 0 Å². The number of benzene rings is 2. The molecule has 0 aliphatic heterocycles. The fraction of sp³-hybridized carbons (Fsp3) is 0.133. The number of hydrogen-bond acceptors (Lipinski definition) is 2. The monoisotopic (exact) mass is 311 g/mol. The standard InChI is InChI=1S/C15H12F3NOS/c1-9(21-14-6-5-11(17)8-13(14)18)15(20)19-12-4-2-3-10(16)7-12/h2-9H,1H3,(H,19,20)/t9-/m1/s1. The number of anilines is 1. The molecule has 1 atom stereocenters. The van der Waals surface area contributed by atoms with Gasteiger partial charge in [0, 0.05) is 16.6 Å². The van der Waals surface area contributed by atoms with Crippen LogP contribution in [0.25, 0.3) is 0 Å². The molecule has 0 spiro atoms. The van der Waals surface area contributed by atoms with Gasteiger partial charge in [-0.3, -0.25) is 4.79 Å². The number of hydrogen-bond donors (Lipinski definition) is 1. The van der Waals surface area contributed by atoms with Crippen LogP contribution in [0.1, 0.15) is 6.92 Å². The summed E-state index contributed by atoms with van der Waals surface area (Å²) in [4.78, 5) is 12.1. The smallest absolute Gasteiger partial charge is 0.237 e. The van der Waals surface area contributed by atoms with Crippen LogP contribution < -0.4 is 5.32 Å². The third-order valence-electron chi connectivity index (χ3n) is 2.66. The van der Waals surface area contributed by atoms with Gasteiger partial charge in [-0.25, -0.2) is 13.2 Å². The summed E-state index contributed by atoms with van der Waals surface area (Å²) in [6.45, 7) is 1.59. The molecule has 2 rings (SSSR count). The van der Waals surface area contributed by atoms with Gasteiger partial charge < -0.3 is 5.32 Å². The quantitative estimate of drug-likeness (QED) is 0.856. The Labute approximate surface area is 124 Å². The molecule has 1 N–H and O–H groups in total. The molecule has 2 aromatic carbocycles. The summed E-state index contributed by atoms with van der Waals surface area (Å²) >= 11 is 0.963. The Bertz CT molecular complexity index is 663. The predicted octanol–water partition coefficient (Wildman–Crippen LogP) is 4.22. The van der Waals surface area contributed by atoms with E-state index in [1.165, 1.54) is 24.3 Å². The molecular formula is C15H12F3NOS. The molecule has 2 aromatic rings. The topological polar surface area (TPSA) is 29.1 Å². The van der Waals surface area contributed by atoms with Crippen LogP contribution in [0.4, 0.5) is 18.9 Å². The molecule has 0 fully saturated rings. The van der Waals surface area contributed by atoms with E-state index in [1.54, 1.807) is 13.0 Å². The van der Waals surface area contributed by atoms with E-state index in [9.17, 15) is 18.0 Å². The van der Waals surface area contributed by atoms with Gasteiger partial charge in [0.05, 0.1) is 5.25 Å². The van der Waals surface area contributed by atoms with Crippen LogP contribution in [-0.4, -0.2) is 11.2 Å². The van der Waals surface area contributed by atoms with Crippen molar-refractivity contribution in [3.05, 3.63) is 59.9 Å². The molecule has 0 bridgehead atoms. The number of carbonyl (C=O) groups is 1. The van der Waals surface area contributed by atoms with Gasteiger partial charge >= 0.3 is 0 Å². The van der Waals surface area contributed by atoms with Crippen LogP contribution >= 0.6 is 11.8 Å². The first-order chi connectivity index (χ1) is 9.95. The van der Waals surface area contributed by atoms with Gasteiger partial charge in [-0.2, -0.15) is 0 Å². The molecule has 0 aliphatic carbocycles. The zero-order chi connectivity index (χ0) is 15.4. The first-order valence-electron chi connectivity index (χ1n) is 6.14. The number of nitrogens with one attached hydrogen (secondary N) is 1. The van der Waals surface area contributed by atoms with E-state index in [1.807, 2.05) is 0 Å². The zero-order valence-corrected chi connectivity index (χ0v) is 11.9. The number of rotatable bonds is 4. The molecule has 0 unspecified atom stereocenters. The summed E-state index contributed by atoms with van der Waals surface area (Å²) in [6.07, 6.45) is 0. The molecule has 6 heteroatoms. The Morgan fingerprint density at radius 3 is 2.48 bits per heavy atom. The van der Waals surface area contributed by atoms with Gasteiger partial charge in [-0.05, 0) is 37.3 Å². The molecule has 0 saturated carbocycles. The van der Waals surface area contributed by atoms with Crippen molar-refractivity contribution in [3.8, 4) is 0 Å². The second-order valence-electron chi connectivity index (χ2n) is 4.33. The molecule has 21 heavy (non-hydrogen) atoms. The lowest BCUT2D eigenvalue weighted by Gasteiger charge is -2.12. The molecule has 0 saturated heterocycles. The lowest BCUT2D eigenvalue weighted by atomic mass is 10.3. The molecule has 2 nitrogen and oxygen atoms in total. The van der Waals surface area contributed by atoms with E-state index in [4.69, 9.17) is 0 Å². The summed E-state index contributed by atoms with van der Waals surface area (Å²) in [7, 11) is 0. The maximum atomic E-state index is 13.5. The number of thioether (sulfide) groups is 1. The van der Waals surface area contributed by atoms with Gasteiger partial charge in [-0.15, -0.1) is 11.8 Å². The first kappa shape index (κ1) is 15.4. The third kappa shape index (κ3) is 4.26. The first-order valence-corrected chi connectivity index (χ1v) is 7.02. The number of amides is 1. The highest BCUT2D eigenvalue weighted by molar-refractivity contribution is 8.00. The van der Waals surface area contributed by atoms with Gasteiger partial charge in [0.1, 0.15) is 17.5 Å². The minimum atomic E-state index is -0.717. The van der Waals surface area contributed by atoms with Crippen LogP contribution in [0.15, 0.2) is 47.4 Å². The van der Waals surface area contributed by atoms with E-state index < -0.39 is 28.6 Å². The largest absolute Gasteiger partial charge is 0.325 e. The summed E-state index contributed by atoms with van der Waals surface area (Å²) < 4.78 is 39.3. The maximum Gasteiger partial charge on any atom is 0.237 e. The Balaban J connectivity index is 2.02. The fourth-order valence-corrected chi connectivity index (χ4v) is 2.49. The lowest BCUT2D eigenvalue weighted by Crippen LogP contribution is -2.22. The van der Waals surface area contributed by atoms with E-state index in [-0.39, 0.29) is 4.90 Å². The highest BCUT2D eigenvalue weighted by Crippen LogP contribution is 2.27. The van der Waals surface area contributed by atoms with Gasteiger partial charge in [0.25, 0.3) is 0 Å². The normalized spacial score (nSPS) is 12.0. The highest BCUT2D eigenvalue weighted by atomic mass is 32.2. The third-order valence-corrected chi connectivity index (χ3v) is 3.81. The summed E-state index contributed by atoms with van der Waals surface area (Å²) in [5, 5.41) is 1.92. The summed E-state index contributed by atoms with van der Waals surface area (Å²) in [5.41, 5.74) is 0.326. The van der Waals surface area contributed by atoms with Gasteiger partial charge in [0.2, 0.25) is 5.91 Å². The zero-order valence-electron chi connectivity index (χ0n) is 11.1.